The minimum atomic E-state index is -3.65. The van der Waals surface area contributed by atoms with Crippen LogP contribution in [-0.4, -0.2) is 76.0 Å². The lowest BCUT2D eigenvalue weighted by molar-refractivity contribution is 0.0302. The van der Waals surface area contributed by atoms with Crippen LogP contribution in [0.15, 0.2) is 29.6 Å². The Labute approximate surface area is 163 Å². The lowest BCUT2D eigenvalue weighted by Gasteiger charge is -2.27. The molecule has 0 atom stereocenters. The van der Waals surface area contributed by atoms with E-state index in [9.17, 15) is 13.2 Å². The van der Waals surface area contributed by atoms with Crippen molar-refractivity contribution in [1.29, 1.82) is 0 Å². The Morgan fingerprint density at radius 2 is 1.82 bits per heavy atom. The zero-order chi connectivity index (χ0) is 20.3. The molecule has 2 heterocycles. The van der Waals surface area contributed by atoms with Gasteiger partial charge >= 0.3 is 0 Å². The second kappa shape index (κ2) is 8.11. The Hall–Kier alpha value is -2.72. The van der Waals surface area contributed by atoms with Crippen molar-refractivity contribution in [3.8, 4) is 22.8 Å². The predicted molar refractivity (Wildman–Crippen MR) is 100 cm³/mol. The van der Waals surface area contributed by atoms with Gasteiger partial charge in [-0.2, -0.15) is 0 Å². The second-order valence-electron chi connectivity index (χ2n) is 6.16. The fourth-order valence-corrected chi connectivity index (χ4v) is 3.34. The van der Waals surface area contributed by atoms with Crippen LogP contribution >= 0.6 is 0 Å². The topological polar surface area (TPSA) is 108 Å². The molecule has 1 aliphatic heterocycles. The van der Waals surface area contributed by atoms with Gasteiger partial charge in [0, 0.05) is 31.1 Å². The first-order valence-corrected chi connectivity index (χ1v) is 10.4. The SMILES string of the molecule is COc1ccc(-c2nc(S(C)(=O)=O)ncc2C(=O)N2CCOCC2)cc1OC. The lowest BCUT2D eigenvalue weighted by Crippen LogP contribution is -2.41. The first-order valence-electron chi connectivity index (χ1n) is 8.51. The largest absolute Gasteiger partial charge is 0.493 e. The average molecular weight is 407 g/mol. The van der Waals surface area contributed by atoms with Crippen molar-refractivity contribution >= 4 is 15.7 Å². The minimum absolute atomic E-state index is 0.210. The number of benzene rings is 1. The molecule has 0 aliphatic carbocycles. The highest BCUT2D eigenvalue weighted by Crippen LogP contribution is 2.33. The summed E-state index contributed by atoms with van der Waals surface area (Å²) in [5.74, 6) is 0.655. The zero-order valence-corrected chi connectivity index (χ0v) is 16.7. The van der Waals surface area contributed by atoms with Gasteiger partial charge in [0.15, 0.2) is 11.5 Å². The average Bonchev–Trinajstić information content (AvgIpc) is 2.72. The molecule has 1 aromatic heterocycles. The van der Waals surface area contributed by atoms with E-state index in [2.05, 4.69) is 9.97 Å². The normalized spacial score (nSPS) is 14.6. The van der Waals surface area contributed by atoms with Crippen LogP contribution in [0.25, 0.3) is 11.3 Å². The van der Waals surface area contributed by atoms with Crippen LogP contribution < -0.4 is 9.47 Å². The first kappa shape index (κ1) is 20.0. The summed E-state index contributed by atoms with van der Waals surface area (Å²) in [5.41, 5.74) is 0.941. The number of methoxy groups -OCH3 is 2. The summed E-state index contributed by atoms with van der Waals surface area (Å²) in [4.78, 5) is 22.7. The van der Waals surface area contributed by atoms with Crippen LogP contribution in [0.5, 0.6) is 11.5 Å². The third kappa shape index (κ3) is 4.07. The maximum Gasteiger partial charge on any atom is 0.257 e. The van der Waals surface area contributed by atoms with Crippen molar-refractivity contribution in [3.63, 3.8) is 0 Å². The van der Waals surface area contributed by atoms with Crippen LogP contribution in [0.4, 0.5) is 0 Å². The number of nitrogens with zero attached hydrogens (tertiary/aromatic N) is 3. The molecule has 150 valence electrons. The van der Waals surface area contributed by atoms with Crippen molar-refractivity contribution < 1.29 is 27.4 Å². The summed E-state index contributed by atoms with van der Waals surface area (Å²) in [6.45, 7) is 1.77. The van der Waals surface area contributed by atoms with E-state index in [1.807, 2.05) is 0 Å². The van der Waals surface area contributed by atoms with Crippen molar-refractivity contribution in [3.05, 3.63) is 30.0 Å². The number of ether oxygens (including phenoxy) is 3. The van der Waals surface area contributed by atoms with E-state index in [-0.39, 0.29) is 22.3 Å². The van der Waals surface area contributed by atoms with Crippen LogP contribution in [0.3, 0.4) is 0 Å². The van der Waals surface area contributed by atoms with E-state index in [4.69, 9.17) is 14.2 Å². The number of carbonyl (C=O) groups is 1. The fraction of sp³-hybridized carbons (Fsp3) is 0.389. The number of rotatable bonds is 5. The molecule has 2 aromatic rings. The number of hydrogen-bond acceptors (Lipinski definition) is 8. The number of morpholine rings is 1. The van der Waals surface area contributed by atoms with Gasteiger partial charge in [-0.15, -0.1) is 0 Å². The van der Waals surface area contributed by atoms with Crippen LogP contribution in [0.1, 0.15) is 10.4 Å². The zero-order valence-electron chi connectivity index (χ0n) is 15.8. The molecule has 1 aromatic carbocycles. The Balaban J connectivity index is 2.14. The fourth-order valence-electron chi connectivity index (χ4n) is 2.84. The number of amides is 1. The van der Waals surface area contributed by atoms with Gasteiger partial charge in [-0.25, -0.2) is 18.4 Å². The van der Waals surface area contributed by atoms with Crippen LogP contribution in [0, 0.1) is 0 Å². The summed E-state index contributed by atoms with van der Waals surface area (Å²) < 4.78 is 39.7. The highest BCUT2D eigenvalue weighted by Gasteiger charge is 2.25. The highest BCUT2D eigenvalue weighted by atomic mass is 32.2. The lowest BCUT2D eigenvalue weighted by atomic mass is 10.1. The predicted octanol–water partition coefficient (Wildman–Crippen LogP) is 1.04. The molecule has 10 heteroatoms. The van der Waals surface area contributed by atoms with Gasteiger partial charge in [0.05, 0.1) is 38.7 Å². The Morgan fingerprint density at radius 1 is 1.14 bits per heavy atom. The number of carbonyl (C=O) groups excluding carboxylic acids is 1. The van der Waals surface area contributed by atoms with Crippen molar-refractivity contribution in [1.82, 2.24) is 14.9 Å². The molecular weight excluding hydrogens is 386 g/mol. The Kier molecular flexibility index (Phi) is 5.80. The van der Waals surface area contributed by atoms with E-state index in [1.54, 1.807) is 23.1 Å². The van der Waals surface area contributed by atoms with Crippen LogP contribution in [0.2, 0.25) is 0 Å². The molecule has 0 unspecified atom stereocenters. The van der Waals surface area contributed by atoms with Gasteiger partial charge < -0.3 is 19.1 Å². The standard InChI is InChI=1S/C18H21N3O6S/c1-25-14-5-4-12(10-15(14)26-2)16-13(11-19-18(20-16)28(3,23)24)17(22)21-6-8-27-9-7-21/h4-5,10-11H,6-9H2,1-3H3. The summed E-state index contributed by atoms with van der Waals surface area (Å²) in [5, 5.41) is -0.351. The number of sulfone groups is 1. The molecule has 1 aliphatic rings. The number of aromatic nitrogens is 2. The summed E-state index contributed by atoms with van der Waals surface area (Å²) in [6.07, 6.45) is 2.28. The van der Waals surface area contributed by atoms with Crippen molar-refractivity contribution in [2.75, 3.05) is 46.8 Å². The van der Waals surface area contributed by atoms with Gasteiger partial charge in [-0.1, -0.05) is 0 Å². The van der Waals surface area contributed by atoms with E-state index < -0.39 is 9.84 Å². The van der Waals surface area contributed by atoms with Crippen molar-refractivity contribution in [2.45, 2.75) is 5.16 Å². The molecule has 0 N–H and O–H groups in total. The molecule has 1 fully saturated rings. The molecule has 0 saturated carbocycles. The molecule has 1 saturated heterocycles. The van der Waals surface area contributed by atoms with Gasteiger partial charge in [0.25, 0.3) is 5.91 Å². The quantitative estimate of drug-likeness (QED) is 0.677. The molecular formula is C18H21N3O6S. The summed E-state index contributed by atoms with van der Waals surface area (Å²) in [6, 6.07) is 4.99. The molecule has 3 rings (SSSR count). The van der Waals surface area contributed by atoms with E-state index >= 15 is 0 Å². The molecule has 0 spiro atoms. The monoisotopic (exact) mass is 407 g/mol. The van der Waals surface area contributed by atoms with Crippen LogP contribution in [-0.2, 0) is 14.6 Å². The molecule has 28 heavy (non-hydrogen) atoms. The molecule has 0 radical (unpaired) electrons. The van der Waals surface area contributed by atoms with E-state index in [0.29, 0.717) is 43.4 Å². The Morgan fingerprint density at radius 3 is 2.43 bits per heavy atom. The molecule has 0 bridgehead atoms. The highest BCUT2D eigenvalue weighted by molar-refractivity contribution is 7.90. The summed E-state index contributed by atoms with van der Waals surface area (Å²) >= 11 is 0. The van der Waals surface area contributed by atoms with Crippen molar-refractivity contribution in [2.24, 2.45) is 0 Å². The van der Waals surface area contributed by atoms with Gasteiger partial charge in [0.1, 0.15) is 0 Å². The first-order chi connectivity index (χ1) is 13.3. The third-order valence-electron chi connectivity index (χ3n) is 4.28. The van der Waals surface area contributed by atoms with E-state index in [0.717, 1.165) is 6.26 Å². The smallest absolute Gasteiger partial charge is 0.257 e. The van der Waals surface area contributed by atoms with Gasteiger partial charge in [-0.3, -0.25) is 4.79 Å². The van der Waals surface area contributed by atoms with Gasteiger partial charge in [0.2, 0.25) is 15.0 Å². The molecule has 9 nitrogen and oxygen atoms in total. The van der Waals surface area contributed by atoms with Gasteiger partial charge in [-0.05, 0) is 18.2 Å². The number of hydrogen-bond donors (Lipinski definition) is 0. The maximum absolute atomic E-state index is 13.0. The maximum atomic E-state index is 13.0. The summed E-state index contributed by atoms with van der Waals surface area (Å²) in [7, 11) is -0.652. The van der Waals surface area contributed by atoms with E-state index in [1.165, 1.54) is 20.4 Å². The third-order valence-corrected chi connectivity index (χ3v) is 5.14. The minimum Gasteiger partial charge on any atom is -0.493 e. The molecule has 1 amide bonds. The second-order valence-corrected chi connectivity index (χ2v) is 8.07. The Bertz CT molecular complexity index is 987.